The molecule has 0 bridgehead atoms. The number of anilines is 1. The van der Waals surface area contributed by atoms with E-state index in [9.17, 15) is 14.4 Å². The highest BCUT2D eigenvalue weighted by molar-refractivity contribution is 6.06. The summed E-state index contributed by atoms with van der Waals surface area (Å²) in [6.07, 6.45) is 1.53. The number of carbonyl (C=O) groups is 3. The Bertz CT molecular complexity index is 1110. The molecule has 3 rings (SSSR count). The molecule has 3 N–H and O–H groups in total. The molecule has 34 heavy (non-hydrogen) atoms. The Hall–Kier alpha value is -4.07. The molecule has 2 aromatic carbocycles. The highest BCUT2D eigenvalue weighted by Crippen LogP contribution is 2.18. The third-order valence-electron chi connectivity index (χ3n) is 5.10. The molecule has 0 unspecified atom stereocenters. The molecule has 1 atom stereocenters. The molecule has 3 aromatic rings. The number of amides is 3. The van der Waals surface area contributed by atoms with Crippen LogP contribution in [0, 0.1) is 5.92 Å². The van der Waals surface area contributed by atoms with Gasteiger partial charge in [0.15, 0.2) is 0 Å². The van der Waals surface area contributed by atoms with Gasteiger partial charge in [-0.2, -0.15) is 0 Å². The first kappa shape index (κ1) is 24.6. The molecule has 0 saturated carbocycles. The summed E-state index contributed by atoms with van der Waals surface area (Å²) in [7, 11) is 0. The van der Waals surface area contributed by atoms with E-state index in [0.29, 0.717) is 34.9 Å². The Labute approximate surface area is 198 Å². The Morgan fingerprint density at radius 2 is 1.68 bits per heavy atom. The zero-order valence-corrected chi connectivity index (χ0v) is 19.5. The van der Waals surface area contributed by atoms with Crippen molar-refractivity contribution in [2.45, 2.75) is 33.4 Å². The number of nitrogens with one attached hydrogen (secondary N) is 3. The van der Waals surface area contributed by atoms with Gasteiger partial charge >= 0.3 is 0 Å². The fraction of sp³-hybridized carbons (Fsp3) is 0.269. The highest BCUT2D eigenvalue weighted by Gasteiger charge is 2.26. The molecule has 0 aliphatic rings. The van der Waals surface area contributed by atoms with Crippen LogP contribution in [0.4, 0.5) is 5.69 Å². The van der Waals surface area contributed by atoms with E-state index in [1.54, 1.807) is 60.7 Å². The maximum atomic E-state index is 13.1. The summed E-state index contributed by atoms with van der Waals surface area (Å²) in [5.41, 5.74) is 1.08. The van der Waals surface area contributed by atoms with Crippen molar-refractivity contribution in [1.82, 2.24) is 10.6 Å². The normalized spacial score (nSPS) is 11.5. The number of benzene rings is 2. The summed E-state index contributed by atoms with van der Waals surface area (Å²) in [6, 6.07) is 16.1. The van der Waals surface area contributed by atoms with Gasteiger partial charge in [0.1, 0.15) is 17.6 Å². The van der Waals surface area contributed by atoms with Crippen molar-refractivity contribution in [1.29, 1.82) is 0 Å². The van der Waals surface area contributed by atoms with Gasteiger partial charge in [0.2, 0.25) is 5.91 Å². The summed E-state index contributed by atoms with van der Waals surface area (Å²) in [4.78, 5) is 38.5. The Kier molecular flexibility index (Phi) is 8.45. The van der Waals surface area contributed by atoms with Gasteiger partial charge in [0.05, 0.1) is 30.7 Å². The quantitative estimate of drug-likeness (QED) is 0.421. The maximum absolute atomic E-state index is 13.1. The average molecular weight is 464 g/mol. The molecule has 0 spiro atoms. The third kappa shape index (κ3) is 6.48. The number of carbonyl (C=O) groups excluding carboxylic acids is 3. The van der Waals surface area contributed by atoms with Crippen molar-refractivity contribution in [2.75, 3.05) is 11.9 Å². The topological polar surface area (TPSA) is 110 Å². The molecular weight excluding hydrogens is 434 g/mol. The predicted octanol–water partition coefficient (Wildman–Crippen LogP) is 4.00. The first-order valence-electron chi connectivity index (χ1n) is 11.1. The molecule has 8 nitrogen and oxygen atoms in total. The fourth-order valence-corrected chi connectivity index (χ4v) is 3.31. The van der Waals surface area contributed by atoms with E-state index in [-0.39, 0.29) is 24.3 Å². The molecule has 178 valence electrons. The van der Waals surface area contributed by atoms with Crippen LogP contribution >= 0.6 is 0 Å². The van der Waals surface area contributed by atoms with Crippen LogP contribution in [0.5, 0.6) is 5.75 Å². The van der Waals surface area contributed by atoms with Crippen molar-refractivity contribution < 1.29 is 23.5 Å². The summed E-state index contributed by atoms with van der Waals surface area (Å²) in [6.45, 7) is 6.31. The molecule has 8 heteroatoms. The standard InChI is InChI=1S/C26H29N3O5/c1-4-33-19-13-11-18(12-14-19)24(30)29-23(17(2)3)26(32)28-22-10-6-5-9-21(22)25(31)27-16-20-8-7-15-34-20/h5-15,17,23H,4,16H2,1-3H3,(H,27,31)(H,28,32)(H,29,30)/t23-/m0/s1. The second-order valence-corrected chi connectivity index (χ2v) is 7.95. The van der Waals surface area contributed by atoms with E-state index >= 15 is 0 Å². The van der Waals surface area contributed by atoms with Crippen LogP contribution in [-0.2, 0) is 11.3 Å². The Morgan fingerprint density at radius 1 is 0.941 bits per heavy atom. The summed E-state index contributed by atoms with van der Waals surface area (Å²) in [5.74, 6) is -0.0498. The fourth-order valence-electron chi connectivity index (χ4n) is 3.31. The molecule has 0 aliphatic heterocycles. The molecule has 3 amide bonds. The number of hydrogen-bond donors (Lipinski definition) is 3. The van der Waals surface area contributed by atoms with E-state index in [1.807, 2.05) is 20.8 Å². The summed E-state index contributed by atoms with van der Waals surface area (Å²) >= 11 is 0. The van der Waals surface area contributed by atoms with Crippen molar-refractivity contribution in [3.63, 3.8) is 0 Å². The van der Waals surface area contributed by atoms with E-state index < -0.39 is 11.9 Å². The lowest BCUT2D eigenvalue weighted by Gasteiger charge is -2.22. The largest absolute Gasteiger partial charge is 0.494 e. The Balaban J connectivity index is 1.68. The van der Waals surface area contributed by atoms with E-state index in [0.717, 1.165) is 0 Å². The van der Waals surface area contributed by atoms with Crippen molar-refractivity contribution >= 4 is 23.4 Å². The summed E-state index contributed by atoms with van der Waals surface area (Å²) < 4.78 is 10.6. The van der Waals surface area contributed by atoms with E-state index in [1.165, 1.54) is 6.26 Å². The van der Waals surface area contributed by atoms with Crippen molar-refractivity contribution in [3.8, 4) is 5.75 Å². The zero-order valence-electron chi connectivity index (χ0n) is 19.5. The molecule has 0 radical (unpaired) electrons. The molecule has 0 fully saturated rings. The van der Waals surface area contributed by atoms with Gasteiger partial charge in [-0.05, 0) is 61.4 Å². The number of furan rings is 1. The second kappa shape index (κ2) is 11.7. The van der Waals surface area contributed by atoms with Gasteiger partial charge in [-0.25, -0.2) is 0 Å². The molecule has 0 aliphatic carbocycles. The number of para-hydroxylation sites is 1. The van der Waals surface area contributed by atoms with Gasteiger partial charge in [-0.15, -0.1) is 0 Å². The minimum absolute atomic E-state index is 0.188. The van der Waals surface area contributed by atoms with Crippen LogP contribution in [0.25, 0.3) is 0 Å². The molecule has 1 heterocycles. The van der Waals surface area contributed by atoms with Crippen LogP contribution in [0.1, 0.15) is 47.2 Å². The average Bonchev–Trinajstić information content (AvgIpc) is 3.35. The van der Waals surface area contributed by atoms with Gasteiger partial charge in [-0.1, -0.05) is 26.0 Å². The molecule has 0 saturated heterocycles. The SMILES string of the molecule is CCOc1ccc(C(=O)N[C@H](C(=O)Nc2ccccc2C(=O)NCc2ccco2)C(C)C)cc1. The van der Waals surface area contributed by atoms with Gasteiger partial charge in [0.25, 0.3) is 11.8 Å². The zero-order chi connectivity index (χ0) is 24.5. The Morgan fingerprint density at radius 3 is 2.32 bits per heavy atom. The number of rotatable bonds is 10. The monoisotopic (exact) mass is 463 g/mol. The predicted molar refractivity (Wildman–Crippen MR) is 129 cm³/mol. The first-order chi connectivity index (χ1) is 16.4. The lowest BCUT2D eigenvalue weighted by molar-refractivity contribution is -0.118. The lowest BCUT2D eigenvalue weighted by Crippen LogP contribution is -2.47. The smallest absolute Gasteiger partial charge is 0.253 e. The first-order valence-corrected chi connectivity index (χ1v) is 11.1. The van der Waals surface area contributed by atoms with Gasteiger partial charge in [-0.3, -0.25) is 14.4 Å². The minimum atomic E-state index is -0.807. The molecule has 1 aromatic heterocycles. The van der Waals surface area contributed by atoms with Gasteiger partial charge < -0.3 is 25.1 Å². The van der Waals surface area contributed by atoms with Crippen molar-refractivity contribution in [2.24, 2.45) is 5.92 Å². The van der Waals surface area contributed by atoms with Crippen LogP contribution < -0.4 is 20.7 Å². The van der Waals surface area contributed by atoms with Gasteiger partial charge in [0, 0.05) is 5.56 Å². The number of hydrogen-bond acceptors (Lipinski definition) is 5. The van der Waals surface area contributed by atoms with Crippen LogP contribution in [0.3, 0.4) is 0 Å². The van der Waals surface area contributed by atoms with Crippen LogP contribution in [-0.4, -0.2) is 30.4 Å². The number of ether oxygens (including phenoxy) is 1. The van der Waals surface area contributed by atoms with Crippen molar-refractivity contribution in [3.05, 3.63) is 83.8 Å². The second-order valence-electron chi connectivity index (χ2n) is 7.95. The van der Waals surface area contributed by atoms with E-state index in [4.69, 9.17) is 9.15 Å². The van der Waals surface area contributed by atoms with E-state index in [2.05, 4.69) is 16.0 Å². The molecular formula is C26H29N3O5. The minimum Gasteiger partial charge on any atom is -0.494 e. The van der Waals surface area contributed by atoms with Crippen LogP contribution in [0.15, 0.2) is 71.3 Å². The highest BCUT2D eigenvalue weighted by atomic mass is 16.5. The third-order valence-corrected chi connectivity index (χ3v) is 5.10. The van der Waals surface area contributed by atoms with Crippen LogP contribution in [0.2, 0.25) is 0 Å². The maximum Gasteiger partial charge on any atom is 0.253 e. The summed E-state index contributed by atoms with van der Waals surface area (Å²) in [5, 5.41) is 8.35. The lowest BCUT2D eigenvalue weighted by atomic mass is 10.0.